The van der Waals surface area contributed by atoms with Crippen molar-refractivity contribution >= 4 is 28.7 Å². The van der Waals surface area contributed by atoms with E-state index >= 15 is 0 Å². The van der Waals surface area contributed by atoms with Crippen molar-refractivity contribution in [3.8, 4) is 0 Å². The van der Waals surface area contributed by atoms with Gasteiger partial charge in [-0.3, -0.25) is 0 Å². The molecule has 0 saturated carbocycles. The van der Waals surface area contributed by atoms with Gasteiger partial charge < -0.3 is 5.11 Å². The van der Waals surface area contributed by atoms with Crippen molar-refractivity contribution < 1.29 is 9.90 Å². The first-order chi connectivity index (χ1) is 14.7. The van der Waals surface area contributed by atoms with Crippen LogP contribution < -0.4 is 0 Å². The van der Waals surface area contributed by atoms with Crippen LogP contribution in [0.1, 0.15) is 104 Å². The van der Waals surface area contributed by atoms with Crippen LogP contribution in [-0.4, -0.2) is 11.1 Å². The number of halogens is 1. The van der Waals surface area contributed by atoms with E-state index in [0.717, 1.165) is 59.4 Å². The highest BCUT2D eigenvalue weighted by molar-refractivity contribution is 6.33. The molecule has 1 aromatic rings. The Morgan fingerprint density at radius 3 is 2.29 bits per heavy atom. The van der Waals surface area contributed by atoms with Gasteiger partial charge >= 0.3 is 5.97 Å². The Morgan fingerprint density at radius 2 is 1.81 bits per heavy atom. The number of benzene rings is 1. The van der Waals surface area contributed by atoms with Crippen molar-refractivity contribution in [2.24, 2.45) is 5.92 Å². The molecule has 3 heteroatoms. The number of unbranched alkanes of at least 4 members (excludes halogenated alkanes) is 1. The second kappa shape index (κ2) is 12.9. The minimum atomic E-state index is -0.821. The molecule has 0 aliphatic carbocycles. The number of allylic oxidation sites excluding steroid dienone is 5. The van der Waals surface area contributed by atoms with Gasteiger partial charge in [-0.15, -0.1) is 0 Å². The molecule has 0 radical (unpaired) electrons. The number of rotatable bonds is 11. The molecule has 0 bridgehead atoms. The zero-order valence-electron chi connectivity index (χ0n) is 20.8. The molecule has 0 fully saturated rings. The summed E-state index contributed by atoms with van der Waals surface area (Å²) in [6.07, 6.45) is 7.54. The van der Waals surface area contributed by atoms with Crippen LogP contribution in [0.2, 0.25) is 5.02 Å². The SMILES string of the molecule is CC/C=C(C)\C(=C(\C)C(C)CC)c1c(Cl)ccc(/C(CCCC)=C(\CC)C(=O)O)c1C. The van der Waals surface area contributed by atoms with Crippen LogP contribution in [0.4, 0.5) is 0 Å². The maximum atomic E-state index is 12.0. The summed E-state index contributed by atoms with van der Waals surface area (Å²) in [5, 5.41) is 10.6. The molecule has 0 saturated heterocycles. The molecule has 1 aromatic carbocycles. The molecule has 0 amide bonds. The van der Waals surface area contributed by atoms with Gasteiger partial charge in [0.05, 0.1) is 0 Å². The minimum absolute atomic E-state index is 0.439. The van der Waals surface area contributed by atoms with E-state index in [1.807, 2.05) is 19.1 Å². The summed E-state index contributed by atoms with van der Waals surface area (Å²) in [5.74, 6) is -0.382. The number of aliphatic carboxylic acids is 1. The number of carboxylic acids is 1. The molecular formula is C28H41ClO2. The normalized spacial score (nSPS) is 14.8. The molecule has 1 N–H and O–H groups in total. The van der Waals surface area contributed by atoms with Gasteiger partial charge in [-0.2, -0.15) is 0 Å². The van der Waals surface area contributed by atoms with Crippen LogP contribution in [0.25, 0.3) is 11.1 Å². The van der Waals surface area contributed by atoms with E-state index in [4.69, 9.17) is 11.6 Å². The fourth-order valence-corrected chi connectivity index (χ4v) is 4.57. The Balaban J connectivity index is 4.00. The quantitative estimate of drug-likeness (QED) is 0.272. The molecule has 2 nitrogen and oxygen atoms in total. The maximum Gasteiger partial charge on any atom is 0.331 e. The first-order valence-electron chi connectivity index (χ1n) is 11.8. The van der Waals surface area contributed by atoms with Crippen molar-refractivity contribution in [3.63, 3.8) is 0 Å². The molecule has 1 rings (SSSR count). The topological polar surface area (TPSA) is 37.3 Å². The zero-order valence-corrected chi connectivity index (χ0v) is 21.5. The standard InChI is InChI=1S/C28H41ClO2/c1-9-13-15-24(22(12-4)28(30)31)23-16-17-25(29)27(21(23)8)26(19(6)14-10-2)20(7)18(5)11-3/h14,16-18H,9-13,15H2,1-8H3,(H,30,31)/b19-14-,24-22+,26-20+. The Bertz CT molecular complexity index is 871. The monoisotopic (exact) mass is 444 g/mol. The lowest BCUT2D eigenvalue weighted by molar-refractivity contribution is -0.132. The number of carbonyl (C=O) groups is 1. The predicted molar refractivity (Wildman–Crippen MR) is 137 cm³/mol. The van der Waals surface area contributed by atoms with E-state index in [1.54, 1.807) is 0 Å². The zero-order chi connectivity index (χ0) is 23.7. The van der Waals surface area contributed by atoms with E-state index in [0.29, 0.717) is 17.9 Å². The summed E-state index contributed by atoms with van der Waals surface area (Å²) in [5.41, 5.74) is 8.38. The summed E-state index contributed by atoms with van der Waals surface area (Å²) in [4.78, 5) is 12.0. The van der Waals surface area contributed by atoms with Crippen LogP contribution in [0.15, 0.2) is 34.9 Å². The molecular weight excluding hydrogens is 404 g/mol. The Labute approximate surface area is 195 Å². The van der Waals surface area contributed by atoms with Crippen molar-refractivity contribution in [2.45, 2.75) is 93.9 Å². The third-order valence-corrected chi connectivity index (χ3v) is 6.71. The second-order valence-corrected chi connectivity index (χ2v) is 8.88. The number of carboxylic acid groups (broad SMARTS) is 1. The molecule has 0 heterocycles. The fraction of sp³-hybridized carbons (Fsp3) is 0.536. The summed E-state index contributed by atoms with van der Waals surface area (Å²) in [6, 6.07) is 3.96. The highest BCUT2D eigenvalue weighted by atomic mass is 35.5. The van der Waals surface area contributed by atoms with Gasteiger partial charge in [0.15, 0.2) is 0 Å². The van der Waals surface area contributed by atoms with Crippen LogP contribution in [0.5, 0.6) is 0 Å². The average molecular weight is 445 g/mol. The van der Waals surface area contributed by atoms with Crippen LogP contribution in [0.3, 0.4) is 0 Å². The van der Waals surface area contributed by atoms with E-state index in [1.165, 1.54) is 16.7 Å². The molecule has 1 unspecified atom stereocenters. The lowest BCUT2D eigenvalue weighted by Gasteiger charge is -2.24. The summed E-state index contributed by atoms with van der Waals surface area (Å²) in [6.45, 7) is 17.2. The van der Waals surface area contributed by atoms with E-state index in [2.05, 4.69) is 54.5 Å². The van der Waals surface area contributed by atoms with Gasteiger partial charge in [-0.25, -0.2) is 4.79 Å². The van der Waals surface area contributed by atoms with Crippen molar-refractivity contribution in [1.29, 1.82) is 0 Å². The van der Waals surface area contributed by atoms with E-state index < -0.39 is 5.97 Å². The van der Waals surface area contributed by atoms with Crippen LogP contribution in [0, 0.1) is 12.8 Å². The molecule has 1 atom stereocenters. The number of hydrogen-bond donors (Lipinski definition) is 1. The van der Waals surface area contributed by atoms with E-state index in [-0.39, 0.29) is 0 Å². The Hall–Kier alpha value is -1.80. The smallest absolute Gasteiger partial charge is 0.331 e. The van der Waals surface area contributed by atoms with Gasteiger partial charge in [-0.1, -0.05) is 70.4 Å². The molecule has 172 valence electrons. The molecule has 0 spiro atoms. The van der Waals surface area contributed by atoms with Crippen molar-refractivity contribution in [3.05, 3.63) is 56.6 Å². The second-order valence-electron chi connectivity index (χ2n) is 8.48. The molecule has 0 aliphatic rings. The molecule has 0 aromatic heterocycles. The predicted octanol–water partition coefficient (Wildman–Crippen LogP) is 9.26. The third kappa shape index (κ3) is 6.59. The van der Waals surface area contributed by atoms with E-state index in [9.17, 15) is 9.90 Å². The van der Waals surface area contributed by atoms with Gasteiger partial charge in [0, 0.05) is 16.2 Å². The first-order valence-corrected chi connectivity index (χ1v) is 12.2. The maximum absolute atomic E-state index is 12.0. The summed E-state index contributed by atoms with van der Waals surface area (Å²) in [7, 11) is 0. The number of hydrogen-bond acceptors (Lipinski definition) is 1. The Morgan fingerprint density at radius 1 is 1.16 bits per heavy atom. The third-order valence-electron chi connectivity index (χ3n) is 6.40. The first kappa shape index (κ1) is 27.2. The van der Waals surface area contributed by atoms with Gasteiger partial charge in [0.25, 0.3) is 0 Å². The van der Waals surface area contributed by atoms with Crippen molar-refractivity contribution in [1.82, 2.24) is 0 Å². The minimum Gasteiger partial charge on any atom is -0.478 e. The molecule has 31 heavy (non-hydrogen) atoms. The highest BCUT2D eigenvalue weighted by Crippen LogP contribution is 2.41. The van der Waals surface area contributed by atoms with Gasteiger partial charge in [-0.05, 0) is 92.7 Å². The Kier molecular flexibility index (Phi) is 11.3. The molecule has 0 aliphatic heterocycles. The lowest BCUT2D eigenvalue weighted by atomic mass is 9.82. The lowest BCUT2D eigenvalue weighted by Crippen LogP contribution is -2.07. The van der Waals surface area contributed by atoms with Gasteiger partial charge in [0.1, 0.15) is 0 Å². The fourth-order valence-electron chi connectivity index (χ4n) is 4.27. The summed E-state index contributed by atoms with van der Waals surface area (Å²) < 4.78 is 0. The average Bonchev–Trinajstić information content (AvgIpc) is 2.73. The summed E-state index contributed by atoms with van der Waals surface area (Å²) >= 11 is 6.82. The largest absolute Gasteiger partial charge is 0.478 e. The highest BCUT2D eigenvalue weighted by Gasteiger charge is 2.22. The van der Waals surface area contributed by atoms with Crippen molar-refractivity contribution in [2.75, 3.05) is 0 Å². The van der Waals surface area contributed by atoms with Crippen LogP contribution >= 0.6 is 11.6 Å². The van der Waals surface area contributed by atoms with Gasteiger partial charge in [0.2, 0.25) is 0 Å². The van der Waals surface area contributed by atoms with Crippen LogP contribution in [-0.2, 0) is 4.79 Å².